The van der Waals surface area contributed by atoms with Crippen LogP contribution in [0.25, 0.3) is 0 Å². The van der Waals surface area contributed by atoms with Crippen molar-refractivity contribution in [1.82, 2.24) is 0 Å². The standard InChI is InChI=1S/C13H13I2NO4.2Na.2O3S/c1-6(2)13(19)20-11-8(14)3-7(4-9(11)15)5-10(16)12(17)18;;;2*1-4(2)3/h3-4,6,10H,1-2,5,16H2,(H,17,18);;;;/q-2;2*+1;;. The van der Waals surface area contributed by atoms with Crippen molar-refractivity contribution in [3.05, 3.63) is 38.7 Å². The third-order valence-electron chi connectivity index (χ3n) is 2.37. The number of rotatable bonds is 5. The summed E-state index contributed by atoms with van der Waals surface area (Å²) in [5.74, 6) is -1.85. The van der Waals surface area contributed by atoms with Gasteiger partial charge in [0.1, 0.15) is 6.04 Å². The maximum absolute atomic E-state index is 11.5. The summed E-state index contributed by atoms with van der Waals surface area (Å²) in [6.45, 7) is 7.00. The van der Waals surface area contributed by atoms with E-state index in [-0.39, 0.29) is 65.5 Å². The molecule has 0 fully saturated rings. The molecule has 0 saturated carbocycles. The van der Waals surface area contributed by atoms with Crippen molar-refractivity contribution in [3.8, 4) is 5.75 Å². The number of nitrogens with two attached hydrogens (primary N) is 1. The third-order valence-corrected chi connectivity index (χ3v) is 3.97. The molecule has 1 unspecified atom stereocenters. The summed E-state index contributed by atoms with van der Waals surface area (Å²) >= 11 is 4.04. The number of hydrogen-bond acceptors (Lipinski definition) is 10. The molecular formula is C13H13I2NNa2O10S2. The first-order valence-electron chi connectivity index (χ1n) is 6.56. The predicted octanol–water partition coefficient (Wildman–Crippen LogP) is -5.96. The molecular weight excluding hydrogens is 694 g/mol. The van der Waals surface area contributed by atoms with E-state index in [1.54, 1.807) is 12.1 Å². The summed E-state index contributed by atoms with van der Waals surface area (Å²) in [5.41, 5.74) is 6.27. The molecule has 3 N–H and O–H groups in total. The number of carbonyl (C=O) groups excluding carboxylic acids is 1. The fourth-order valence-electron chi connectivity index (χ4n) is 1.35. The number of esters is 1. The van der Waals surface area contributed by atoms with Crippen LogP contribution in [0.4, 0.5) is 0 Å². The Morgan fingerprint density at radius 1 is 1.00 bits per heavy atom. The molecule has 1 aromatic rings. The van der Waals surface area contributed by atoms with E-state index < -0.39 is 45.1 Å². The number of aliphatic carboxylic acids is 1. The molecule has 1 aromatic carbocycles. The number of carbonyl (C=O) groups is 2. The molecule has 17 heteroatoms. The van der Waals surface area contributed by atoms with E-state index in [1.807, 2.05) is 45.2 Å². The fraction of sp³-hybridized carbons (Fsp3) is 0.231. The zero-order chi connectivity index (χ0) is 22.6. The molecule has 0 radical (unpaired) electrons. The molecule has 0 bridgehead atoms. The molecule has 0 amide bonds. The number of halogens is 2. The summed E-state index contributed by atoms with van der Waals surface area (Å²) in [6.07, 6.45) is 0.211. The van der Waals surface area contributed by atoms with Crippen LogP contribution in [0.3, 0.4) is 0 Å². The van der Waals surface area contributed by atoms with Gasteiger partial charge in [0, 0.05) is 0 Å². The molecule has 0 aliphatic rings. The van der Waals surface area contributed by atoms with Crippen molar-refractivity contribution in [3.63, 3.8) is 0 Å². The van der Waals surface area contributed by atoms with Crippen LogP contribution in [0, 0.1) is 26.9 Å². The second kappa shape index (κ2) is 20.4. The second-order valence-corrected chi connectivity index (χ2v) is 7.70. The van der Waals surface area contributed by atoms with Crippen molar-refractivity contribution < 1.29 is 104 Å². The molecule has 0 aliphatic heterocycles. The zero-order valence-electron chi connectivity index (χ0n) is 15.7. The normalized spacial score (nSPS) is 9.80. The Balaban J connectivity index is -0.000000290. The van der Waals surface area contributed by atoms with Crippen molar-refractivity contribution >= 4 is 78.3 Å². The van der Waals surface area contributed by atoms with Crippen LogP contribution in [-0.4, -0.2) is 48.3 Å². The zero-order valence-corrected chi connectivity index (χ0v) is 25.6. The van der Waals surface area contributed by atoms with Crippen molar-refractivity contribution in [2.75, 3.05) is 0 Å². The molecule has 1 atom stereocenters. The molecule has 0 aliphatic carbocycles. The van der Waals surface area contributed by atoms with Gasteiger partial charge in [-0.15, -0.1) is 25.3 Å². The molecule has 158 valence electrons. The molecule has 0 heterocycles. The largest absolute Gasteiger partial charge is 1.00 e. The average Bonchev–Trinajstić information content (AvgIpc) is 2.49. The van der Waals surface area contributed by atoms with Gasteiger partial charge in [-0.3, -0.25) is 9.59 Å². The number of hydrogen-bond donors (Lipinski definition) is 2. The Bertz CT molecular complexity index is 858. The van der Waals surface area contributed by atoms with Gasteiger partial charge in [0.2, 0.25) is 0 Å². The Morgan fingerprint density at radius 3 is 1.60 bits per heavy atom. The van der Waals surface area contributed by atoms with E-state index in [4.69, 9.17) is 40.8 Å². The molecule has 0 spiro atoms. The first-order chi connectivity index (χ1) is 12.7. The fourth-order valence-corrected chi connectivity index (χ4v) is 3.47. The second-order valence-electron chi connectivity index (χ2n) is 4.56. The van der Waals surface area contributed by atoms with Gasteiger partial charge in [-0.05, 0) is 69.3 Å². The molecule has 30 heavy (non-hydrogen) atoms. The summed E-state index contributed by atoms with van der Waals surface area (Å²) in [6, 6.07) is 2.53. The van der Waals surface area contributed by atoms with Gasteiger partial charge in [-0.1, -0.05) is 0 Å². The van der Waals surface area contributed by atoms with E-state index >= 15 is 0 Å². The van der Waals surface area contributed by atoms with E-state index in [0.717, 1.165) is 5.56 Å². The first-order valence-corrected chi connectivity index (χ1v) is 10.7. The topological polar surface area (TPSA) is 192 Å². The monoisotopic (exact) mass is 707 g/mol. The molecule has 1 rings (SSSR count). The number of carboxylic acids is 1. The first kappa shape index (κ1) is 38.1. The van der Waals surface area contributed by atoms with Crippen LogP contribution >= 0.6 is 45.2 Å². The van der Waals surface area contributed by atoms with Crippen LogP contribution in [0.1, 0.15) is 5.56 Å². The summed E-state index contributed by atoms with van der Waals surface area (Å²) in [7, 11) is -6.22. The Kier molecular flexibility index (Phi) is 25.9. The summed E-state index contributed by atoms with van der Waals surface area (Å²) in [5, 5.41) is 8.80. The van der Waals surface area contributed by atoms with Crippen LogP contribution < -0.4 is 69.6 Å². The van der Waals surface area contributed by atoms with E-state index in [9.17, 15) is 9.59 Å². The molecule has 0 saturated heterocycles. The van der Waals surface area contributed by atoms with Gasteiger partial charge in [0.25, 0.3) is 5.97 Å². The van der Waals surface area contributed by atoms with Crippen molar-refractivity contribution in [2.45, 2.75) is 12.5 Å². The van der Waals surface area contributed by atoms with Crippen LogP contribution in [0.2, 0.25) is 0 Å². The van der Waals surface area contributed by atoms with Crippen LogP contribution in [0.15, 0.2) is 12.1 Å². The SMILES string of the molecule is O=S(=O)=O.O=S(=O)=O.[CH2-]C([CH2-])C(=O)Oc1c(I)cc(CC(N)C(=O)O)cc1I.[Na+].[Na+]. The van der Waals surface area contributed by atoms with Crippen LogP contribution in [-0.2, 0) is 37.2 Å². The maximum atomic E-state index is 11.5. The quantitative estimate of drug-likeness (QED) is 0.0975. The Hall–Kier alpha value is 0.820. The van der Waals surface area contributed by atoms with E-state index in [2.05, 4.69) is 13.8 Å². The molecule has 11 nitrogen and oxygen atoms in total. The maximum Gasteiger partial charge on any atom is 1.00 e. The van der Waals surface area contributed by atoms with Gasteiger partial charge in [-0.2, -0.15) is 0 Å². The number of carboxylic acid groups (broad SMARTS) is 1. The van der Waals surface area contributed by atoms with Gasteiger partial charge < -0.3 is 29.4 Å². The van der Waals surface area contributed by atoms with Gasteiger partial charge in [0.05, 0.1) is 7.14 Å². The van der Waals surface area contributed by atoms with Gasteiger partial charge >= 0.3 is 86.3 Å². The van der Waals surface area contributed by atoms with Gasteiger partial charge in [0.15, 0.2) is 5.75 Å². The van der Waals surface area contributed by atoms with Gasteiger partial charge in [-0.25, -0.2) is 5.92 Å². The smallest absolute Gasteiger partial charge is 0.480 e. The van der Waals surface area contributed by atoms with E-state index in [1.165, 1.54) is 0 Å². The van der Waals surface area contributed by atoms with Crippen molar-refractivity contribution in [2.24, 2.45) is 11.7 Å². The van der Waals surface area contributed by atoms with E-state index in [0.29, 0.717) is 12.9 Å². The Morgan fingerprint density at radius 2 is 1.33 bits per heavy atom. The minimum absolute atomic E-state index is 0. The average molecular weight is 707 g/mol. The minimum atomic E-state index is -3.11. The van der Waals surface area contributed by atoms with Crippen molar-refractivity contribution in [1.29, 1.82) is 0 Å². The Labute approximate surface area is 247 Å². The predicted molar refractivity (Wildman–Crippen MR) is 110 cm³/mol. The third kappa shape index (κ3) is 20.7. The summed E-state index contributed by atoms with van der Waals surface area (Å²) < 4.78 is 57.3. The number of benzene rings is 1. The van der Waals surface area contributed by atoms with Crippen LogP contribution in [0.5, 0.6) is 5.75 Å². The number of ether oxygens (including phenoxy) is 1. The molecule has 0 aromatic heterocycles. The minimum Gasteiger partial charge on any atom is -0.480 e. The summed E-state index contributed by atoms with van der Waals surface area (Å²) in [4.78, 5) is 22.3.